The number of hydrogen-bond donors (Lipinski definition) is 0. The summed E-state index contributed by atoms with van der Waals surface area (Å²) in [6.07, 6.45) is 0.638. The zero-order chi connectivity index (χ0) is 14.5. The van der Waals surface area contributed by atoms with Gasteiger partial charge in [0.2, 0.25) is 5.91 Å². The van der Waals surface area contributed by atoms with Gasteiger partial charge in [0, 0.05) is 25.3 Å². The van der Waals surface area contributed by atoms with Crippen molar-refractivity contribution in [1.29, 1.82) is 0 Å². The van der Waals surface area contributed by atoms with Gasteiger partial charge in [-0.3, -0.25) is 4.79 Å². The van der Waals surface area contributed by atoms with Crippen LogP contribution < -0.4 is 0 Å². The molecule has 1 unspecified atom stereocenters. The summed E-state index contributed by atoms with van der Waals surface area (Å²) in [6, 6.07) is 3.97. The van der Waals surface area contributed by atoms with Crippen LogP contribution in [0.2, 0.25) is 0 Å². The molecule has 1 saturated heterocycles. The van der Waals surface area contributed by atoms with Crippen molar-refractivity contribution in [1.82, 2.24) is 9.80 Å². The molecule has 1 fully saturated rings. The molecule has 0 aromatic carbocycles. The molecule has 1 atom stereocenters. The van der Waals surface area contributed by atoms with Crippen LogP contribution in [0.15, 0.2) is 16.5 Å². The first kappa shape index (κ1) is 15.4. The van der Waals surface area contributed by atoms with Crippen LogP contribution in [-0.2, 0) is 4.79 Å². The third kappa shape index (κ3) is 3.58. The van der Waals surface area contributed by atoms with Crippen LogP contribution in [0, 0.1) is 6.92 Å². The minimum Gasteiger partial charge on any atom is -0.463 e. The highest BCUT2D eigenvalue weighted by Gasteiger charge is 2.31. The van der Waals surface area contributed by atoms with E-state index in [0.29, 0.717) is 6.42 Å². The topological polar surface area (TPSA) is 36.7 Å². The summed E-state index contributed by atoms with van der Waals surface area (Å²) in [5.41, 5.74) is 0. The molecule has 1 aliphatic rings. The molecule has 20 heavy (non-hydrogen) atoms. The first-order valence-electron chi connectivity index (χ1n) is 7.35. The van der Waals surface area contributed by atoms with Crippen LogP contribution in [0.4, 0.5) is 0 Å². The van der Waals surface area contributed by atoms with Crippen molar-refractivity contribution in [2.45, 2.75) is 32.6 Å². The zero-order valence-electron chi connectivity index (χ0n) is 12.6. The molecule has 4 nitrogen and oxygen atoms in total. The Hall–Kier alpha value is -0.940. The molecule has 0 bridgehead atoms. The number of nitrogens with zero attached hydrogens (tertiary/aromatic N) is 2. The minimum atomic E-state index is 0.0421. The average Bonchev–Trinajstić information content (AvgIpc) is 2.87. The maximum Gasteiger partial charge on any atom is 0.224 e. The highest BCUT2D eigenvalue weighted by molar-refractivity contribution is 7.99. The van der Waals surface area contributed by atoms with Crippen molar-refractivity contribution in [2.24, 2.45) is 0 Å². The summed E-state index contributed by atoms with van der Waals surface area (Å²) in [5.74, 6) is 2.93. The normalized spacial score (nSPS) is 19.9. The van der Waals surface area contributed by atoms with Gasteiger partial charge in [-0.2, -0.15) is 0 Å². The van der Waals surface area contributed by atoms with Gasteiger partial charge in [-0.15, -0.1) is 11.8 Å². The van der Waals surface area contributed by atoms with Gasteiger partial charge in [0.25, 0.3) is 0 Å². The van der Waals surface area contributed by atoms with Gasteiger partial charge in [0.05, 0.1) is 0 Å². The second-order valence-corrected chi connectivity index (χ2v) is 6.22. The molecule has 1 amide bonds. The van der Waals surface area contributed by atoms with Crippen LogP contribution in [0.1, 0.15) is 37.2 Å². The van der Waals surface area contributed by atoms with E-state index < -0.39 is 0 Å². The summed E-state index contributed by atoms with van der Waals surface area (Å²) in [5, 5.41) is 0.0421. The first-order valence-corrected chi connectivity index (χ1v) is 8.40. The standard InChI is InChI=1S/C15H24N2O2S/c1-4-16(5-2)9-10-17-14(18)8-11-20-15(17)13-7-6-12(3)19-13/h6-7,15H,4-5,8-11H2,1-3H3. The Morgan fingerprint density at radius 2 is 2.15 bits per heavy atom. The lowest BCUT2D eigenvalue weighted by Gasteiger charge is -2.35. The summed E-state index contributed by atoms with van der Waals surface area (Å²) < 4.78 is 5.73. The summed E-state index contributed by atoms with van der Waals surface area (Å²) in [7, 11) is 0. The molecule has 0 aliphatic carbocycles. The monoisotopic (exact) mass is 296 g/mol. The molecule has 1 aromatic rings. The minimum absolute atomic E-state index is 0.0421. The Morgan fingerprint density at radius 3 is 2.75 bits per heavy atom. The molecule has 0 saturated carbocycles. The summed E-state index contributed by atoms with van der Waals surface area (Å²) in [4.78, 5) is 16.5. The van der Waals surface area contributed by atoms with Crippen molar-refractivity contribution in [2.75, 3.05) is 31.9 Å². The van der Waals surface area contributed by atoms with Crippen LogP contribution in [-0.4, -0.2) is 47.6 Å². The maximum atomic E-state index is 12.2. The molecular formula is C15H24N2O2S. The van der Waals surface area contributed by atoms with Gasteiger partial charge >= 0.3 is 0 Å². The van der Waals surface area contributed by atoms with E-state index in [2.05, 4.69) is 18.7 Å². The second-order valence-electron chi connectivity index (χ2n) is 5.04. The van der Waals surface area contributed by atoms with Crippen molar-refractivity contribution in [3.8, 4) is 0 Å². The summed E-state index contributed by atoms with van der Waals surface area (Å²) >= 11 is 1.80. The van der Waals surface area contributed by atoms with Gasteiger partial charge < -0.3 is 14.2 Å². The van der Waals surface area contributed by atoms with Crippen LogP contribution in [0.25, 0.3) is 0 Å². The van der Waals surface area contributed by atoms with E-state index in [1.54, 1.807) is 11.8 Å². The van der Waals surface area contributed by atoms with E-state index in [9.17, 15) is 4.79 Å². The number of furan rings is 1. The number of hydrogen-bond acceptors (Lipinski definition) is 4. The van der Waals surface area contributed by atoms with Crippen LogP contribution in [0.3, 0.4) is 0 Å². The average molecular weight is 296 g/mol. The second kappa shape index (κ2) is 7.18. The third-order valence-corrected chi connectivity index (χ3v) is 4.99. The molecular weight excluding hydrogens is 272 g/mol. The van der Waals surface area contributed by atoms with Gasteiger partial charge in [0.15, 0.2) is 0 Å². The number of carbonyl (C=O) groups excluding carboxylic acids is 1. The molecule has 0 radical (unpaired) electrons. The summed E-state index contributed by atoms with van der Waals surface area (Å²) in [6.45, 7) is 10.0. The lowest BCUT2D eigenvalue weighted by atomic mass is 10.3. The Kier molecular flexibility index (Phi) is 5.54. The van der Waals surface area contributed by atoms with Crippen molar-refractivity contribution >= 4 is 17.7 Å². The quantitative estimate of drug-likeness (QED) is 0.809. The first-order chi connectivity index (χ1) is 9.65. The molecule has 1 aromatic heterocycles. The fraction of sp³-hybridized carbons (Fsp3) is 0.667. The molecule has 112 valence electrons. The lowest BCUT2D eigenvalue weighted by Crippen LogP contribution is -2.42. The largest absolute Gasteiger partial charge is 0.463 e. The van der Waals surface area contributed by atoms with Crippen molar-refractivity contribution in [3.05, 3.63) is 23.7 Å². The Bertz CT molecular complexity index is 443. The predicted octanol–water partition coefficient (Wildman–Crippen LogP) is 2.89. The molecule has 0 spiro atoms. The van der Waals surface area contributed by atoms with Gasteiger partial charge in [0.1, 0.15) is 16.9 Å². The van der Waals surface area contributed by atoms with Gasteiger partial charge in [-0.05, 0) is 32.1 Å². The van der Waals surface area contributed by atoms with E-state index in [1.807, 2.05) is 24.0 Å². The number of rotatable bonds is 6. The van der Waals surface area contributed by atoms with E-state index in [0.717, 1.165) is 43.5 Å². The Balaban J connectivity index is 2.06. The number of carbonyl (C=O) groups is 1. The smallest absolute Gasteiger partial charge is 0.224 e. The highest BCUT2D eigenvalue weighted by Crippen LogP contribution is 2.37. The Labute approximate surface area is 125 Å². The van der Waals surface area contributed by atoms with Crippen molar-refractivity contribution < 1.29 is 9.21 Å². The number of likely N-dealkylation sites (N-methyl/N-ethyl adjacent to an activating group) is 1. The molecule has 0 N–H and O–H groups in total. The Morgan fingerprint density at radius 1 is 1.40 bits per heavy atom. The zero-order valence-corrected chi connectivity index (χ0v) is 13.4. The molecule has 2 rings (SSSR count). The van der Waals surface area contributed by atoms with Gasteiger partial charge in [-0.25, -0.2) is 0 Å². The number of amides is 1. The maximum absolute atomic E-state index is 12.2. The van der Waals surface area contributed by atoms with E-state index in [-0.39, 0.29) is 11.3 Å². The van der Waals surface area contributed by atoms with E-state index in [4.69, 9.17) is 4.42 Å². The van der Waals surface area contributed by atoms with Crippen LogP contribution in [0.5, 0.6) is 0 Å². The van der Waals surface area contributed by atoms with Crippen molar-refractivity contribution in [3.63, 3.8) is 0 Å². The van der Waals surface area contributed by atoms with Gasteiger partial charge in [-0.1, -0.05) is 13.8 Å². The number of aryl methyl sites for hydroxylation is 1. The number of thioether (sulfide) groups is 1. The SMILES string of the molecule is CCN(CC)CCN1C(=O)CCSC1c1ccc(C)o1. The predicted molar refractivity (Wildman–Crippen MR) is 82.8 cm³/mol. The highest BCUT2D eigenvalue weighted by atomic mass is 32.2. The molecule has 2 heterocycles. The fourth-order valence-electron chi connectivity index (χ4n) is 2.48. The van der Waals surface area contributed by atoms with E-state index in [1.165, 1.54) is 0 Å². The lowest BCUT2D eigenvalue weighted by molar-refractivity contribution is -0.132. The van der Waals surface area contributed by atoms with Crippen LogP contribution >= 0.6 is 11.8 Å². The third-order valence-electron chi connectivity index (χ3n) is 3.75. The fourth-order valence-corrected chi connectivity index (χ4v) is 3.68. The molecule has 1 aliphatic heterocycles. The molecule has 5 heteroatoms. The van der Waals surface area contributed by atoms with E-state index >= 15 is 0 Å².